The fourth-order valence-electron chi connectivity index (χ4n) is 4.24. The van der Waals surface area contributed by atoms with E-state index in [1.165, 1.54) is 22.2 Å². The predicted molar refractivity (Wildman–Crippen MR) is 114 cm³/mol. The van der Waals surface area contributed by atoms with Crippen LogP contribution in [0.25, 0.3) is 10.9 Å². The van der Waals surface area contributed by atoms with Crippen LogP contribution in [-0.4, -0.2) is 40.7 Å². The van der Waals surface area contributed by atoms with Crippen LogP contribution in [0.5, 0.6) is 0 Å². The quantitative estimate of drug-likeness (QED) is 0.384. The molecule has 7 heteroatoms. The molecule has 7 nitrogen and oxygen atoms in total. The maximum absolute atomic E-state index is 12.6. The average Bonchev–Trinajstić information content (AvgIpc) is 3.32. The van der Waals surface area contributed by atoms with Crippen LogP contribution in [-0.2, 0) is 18.3 Å². The predicted octanol–water partition coefficient (Wildman–Crippen LogP) is 1.90. The first-order chi connectivity index (χ1) is 14.5. The summed E-state index contributed by atoms with van der Waals surface area (Å²) in [4.78, 5) is 24.4. The number of carbonyl (C=O) groups is 2. The van der Waals surface area contributed by atoms with E-state index in [4.69, 9.17) is 5.21 Å². The lowest BCUT2D eigenvalue weighted by Gasteiger charge is -2.18. The molecule has 4 rings (SSSR count). The van der Waals surface area contributed by atoms with Gasteiger partial charge in [0.1, 0.15) is 0 Å². The molecule has 4 N–H and O–H groups in total. The average molecular weight is 406 g/mol. The minimum Gasteiger partial charge on any atom is -0.348 e. The first kappa shape index (κ1) is 20.1. The SMILES string of the molecule is Cc1c(Cc2ccc(C(=O)N[C@@H]3CNC[C@@H]3C(=O)NO)cc2)c2ccccc2n1C. The molecule has 0 bridgehead atoms. The van der Waals surface area contributed by atoms with Crippen LogP contribution in [0.3, 0.4) is 0 Å². The Kier molecular flexibility index (Phi) is 5.57. The first-order valence-electron chi connectivity index (χ1n) is 10.1. The van der Waals surface area contributed by atoms with Gasteiger partial charge in [0.15, 0.2) is 0 Å². The molecule has 1 fully saturated rings. The Hall–Kier alpha value is -3.16. The maximum atomic E-state index is 12.6. The monoisotopic (exact) mass is 406 g/mol. The van der Waals surface area contributed by atoms with Gasteiger partial charge in [-0.05, 0) is 42.7 Å². The van der Waals surface area contributed by atoms with Crippen LogP contribution in [0.1, 0.15) is 27.2 Å². The number of para-hydroxylation sites is 1. The maximum Gasteiger partial charge on any atom is 0.251 e. The van der Waals surface area contributed by atoms with Gasteiger partial charge in [-0.15, -0.1) is 0 Å². The lowest BCUT2D eigenvalue weighted by molar-refractivity contribution is -0.133. The summed E-state index contributed by atoms with van der Waals surface area (Å²) >= 11 is 0. The molecule has 30 heavy (non-hydrogen) atoms. The summed E-state index contributed by atoms with van der Waals surface area (Å²) in [5, 5.41) is 16.1. The number of benzene rings is 2. The van der Waals surface area contributed by atoms with Crippen molar-refractivity contribution in [2.75, 3.05) is 13.1 Å². The number of hydrogen-bond donors (Lipinski definition) is 4. The van der Waals surface area contributed by atoms with Crippen LogP contribution < -0.4 is 16.1 Å². The Labute approximate surface area is 175 Å². The smallest absolute Gasteiger partial charge is 0.251 e. The van der Waals surface area contributed by atoms with E-state index in [-0.39, 0.29) is 11.9 Å². The molecule has 0 radical (unpaired) electrons. The highest BCUT2D eigenvalue weighted by Crippen LogP contribution is 2.27. The van der Waals surface area contributed by atoms with Crippen molar-refractivity contribution >= 4 is 22.7 Å². The van der Waals surface area contributed by atoms with Gasteiger partial charge in [-0.1, -0.05) is 30.3 Å². The molecule has 3 aromatic rings. The van der Waals surface area contributed by atoms with E-state index in [0.29, 0.717) is 18.7 Å². The van der Waals surface area contributed by atoms with Crippen molar-refractivity contribution in [3.05, 3.63) is 70.9 Å². The highest BCUT2D eigenvalue weighted by molar-refractivity contribution is 5.95. The summed E-state index contributed by atoms with van der Waals surface area (Å²) in [6.45, 7) is 3.04. The second-order valence-corrected chi connectivity index (χ2v) is 7.83. The Bertz CT molecular complexity index is 1090. The molecule has 2 heterocycles. The number of amides is 2. The van der Waals surface area contributed by atoms with Gasteiger partial charge in [-0.3, -0.25) is 14.8 Å². The van der Waals surface area contributed by atoms with Gasteiger partial charge >= 0.3 is 0 Å². The highest BCUT2D eigenvalue weighted by Gasteiger charge is 2.34. The number of aromatic nitrogens is 1. The first-order valence-corrected chi connectivity index (χ1v) is 10.1. The third-order valence-electron chi connectivity index (χ3n) is 6.11. The van der Waals surface area contributed by atoms with Crippen LogP contribution in [0.2, 0.25) is 0 Å². The third kappa shape index (κ3) is 3.69. The van der Waals surface area contributed by atoms with Crippen molar-refractivity contribution < 1.29 is 14.8 Å². The second-order valence-electron chi connectivity index (χ2n) is 7.83. The van der Waals surface area contributed by atoms with Crippen molar-refractivity contribution in [1.29, 1.82) is 0 Å². The lowest BCUT2D eigenvalue weighted by Crippen LogP contribution is -2.45. The summed E-state index contributed by atoms with van der Waals surface area (Å²) in [6.07, 6.45) is 0.792. The lowest BCUT2D eigenvalue weighted by atomic mass is 10.00. The Morgan fingerprint density at radius 2 is 1.87 bits per heavy atom. The van der Waals surface area contributed by atoms with E-state index in [0.717, 1.165) is 12.0 Å². The van der Waals surface area contributed by atoms with Crippen molar-refractivity contribution in [2.45, 2.75) is 19.4 Å². The van der Waals surface area contributed by atoms with E-state index >= 15 is 0 Å². The molecule has 0 saturated carbocycles. The minimum absolute atomic E-state index is 0.229. The normalized spacial score (nSPS) is 18.5. The van der Waals surface area contributed by atoms with Gasteiger partial charge in [0.05, 0.1) is 12.0 Å². The van der Waals surface area contributed by atoms with E-state index in [9.17, 15) is 9.59 Å². The molecule has 1 aliphatic heterocycles. The van der Waals surface area contributed by atoms with Crippen molar-refractivity contribution in [3.63, 3.8) is 0 Å². The van der Waals surface area contributed by atoms with E-state index in [2.05, 4.69) is 47.4 Å². The number of nitrogens with zero attached hydrogens (tertiary/aromatic N) is 1. The summed E-state index contributed by atoms with van der Waals surface area (Å²) in [5.41, 5.74) is 7.09. The largest absolute Gasteiger partial charge is 0.348 e. The molecule has 1 saturated heterocycles. The molecule has 0 unspecified atom stereocenters. The number of carbonyl (C=O) groups excluding carboxylic acids is 2. The standard InChI is InChI=1S/C23H26N4O3/c1-14-18(17-5-3-4-6-21(17)27(14)2)11-15-7-9-16(10-8-15)22(28)25-20-13-24-12-19(20)23(29)26-30/h3-10,19-20,24,30H,11-13H2,1-2H3,(H,25,28)(H,26,29)/t19-,20+/m0/s1. The number of fused-ring (bicyclic) bond motifs is 1. The number of nitrogens with one attached hydrogen (secondary N) is 3. The van der Waals surface area contributed by atoms with Crippen LogP contribution in [0.4, 0.5) is 0 Å². The van der Waals surface area contributed by atoms with Gasteiger partial charge in [0, 0.05) is 42.3 Å². The van der Waals surface area contributed by atoms with Crippen molar-refractivity contribution in [2.24, 2.45) is 13.0 Å². The van der Waals surface area contributed by atoms with Gasteiger partial charge in [-0.25, -0.2) is 5.48 Å². The molecule has 2 amide bonds. The number of hydroxylamine groups is 1. The van der Waals surface area contributed by atoms with Crippen molar-refractivity contribution in [3.8, 4) is 0 Å². The summed E-state index contributed by atoms with van der Waals surface area (Å²) in [6, 6.07) is 15.6. The number of aryl methyl sites for hydroxylation is 1. The van der Waals surface area contributed by atoms with Crippen LogP contribution in [0.15, 0.2) is 48.5 Å². The van der Waals surface area contributed by atoms with Gasteiger partial charge in [0.2, 0.25) is 5.91 Å². The van der Waals surface area contributed by atoms with Gasteiger partial charge in [0.25, 0.3) is 5.91 Å². The van der Waals surface area contributed by atoms with E-state index < -0.39 is 11.8 Å². The molecule has 2 aromatic carbocycles. The Morgan fingerprint density at radius 1 is 1.13 bits per heavy atom. The summed E-state index contributed by atoms with van der Waals surface area (Å²) in [5.74, 6) is -1.22. The van der Waals surface area contributed by atoms with Crippen LogP contribution >= 0.6 is 0 Å². The zero-order chi connectivity index (χ0) is 21.3. The molecule has 1 aromatic heterocycles. The summed E-state index contributed by atoms with van der Waals surface area (Å²) < 4.78 is 2.21. The molecule has 1 aliphatic rings. The minimum atomic E-state index is -0.494. The molecular formula is C23H26N4O3. The Balaban J connectivity index is 1.48. The highest BCUT2D eigenvalue weighted by atomic mass is 16.5. The molecular weight excluding hydrogens is 380 g/mol. The van der Waals surface area contributed by atoms with Gasteiger partial charge in [-0.2, -0.15) is 0 Å². The fourth-order valence-corrected chi connectivity index (χ4v) is 4.24. The number of rotatable bonds is 5. The van der Waals surface area contributed by atoms with Crippen LogP contribution in [0, 0.1) is 12.8 Å². The summed E-state index contributed by atoms with van der Waals surface area (Å²) in [7, 11) is 2.08. The van der Waals surface area contributed by atoms with Crippen molar-refractivity contribution in [1.82, 2.24) is 20.7 Å². The topological polar surface area (TPSA) is 95.4 Å². The van der Waals surface area contributed by atoms with E-state index in [1.54, 1.807) is 5.48 Å². The zero-order valence-electron chi connectivity index (χ0n) is 17.1. The molecule has 0 spiro atoms. The second kappa shape index (κ2) is 8.30. The zero-order valence-corrected chi connectivity index (χ0v) is 17.1. The third-order valence-corrected chi connectivity index (χ3v) is 6.11. The fraction of sp³-hybridized carbons (Fsp3) is 0.304. The van der Waals surface area contributed by atoms with E-state index in [1.807, 2.05) is 30.3 Å². The van der Waals surface area contributed by atoms with Gasteiger partial charge < -0.3 is 15.2 Å². The molecule has 2 atom stereocenters. The Morgan fingerprint density at radius 3 is 2.60 bits per heavy atom. The molecule has 0 aliphatic carbocycles. The molecule has 156 valence electrons. The number of hydrogen-bond acceptors (Lipinski definition) is 4.